The Balaban J connectivity index is 2.50. The SMILES string of the molecule is COc1ccc(Cl)cc1C(NN)c1cccc(C)c1. The van der Waals surface area contributed by atoms with Crippen molar-refractivity contribution in [2.75, 3.05) is 7.11 Å². The van der Waals surface area contributed by atoms with Gasteiger partial charge in [0.05, 0.1) is 13.2 Å². The highest BCUT2D eigenvalue weighted by Gasteiger charge is 2.17. The Morgan fingerprint density at radius 3 is 2.63 bits per heavy atom. The van der Waals surface area contributed by atoms with E-state index in [0.29, 0.717) is 5.02 Å². The van der Waals surface area contributed by atoms with E-state index in [-0.39, 0.29) is 6.04 Å². The van der Waals surface area contributed by atoms with Crippen molar-refractivity contribution < 1.29 is 4.74 Å². The molecule has 4 heteroatoms. The molecule has 0 fully saturated rings. The third-order valence-electron chi connectivity index (χ3n) is 3.04. The van der Waals surface area contributed by atoms with Crippen LogP contribution in [-0.4, -0.2) is 7.11 Å². The first-order valence-corrected chi connectivity index (χ1v) is 6.39. The lowest BCUT2D eigenvalue weighted by Crippen LogP contribution is -2.29. The molecule has 3 nitrogen and oxygen atoms in total. The predicted octanol–water partition coefficient (Wildman–Crippen LogP) is 3.21. The van der Waals surface area contributed by atoms with Gasteiger partial charge in [0.1, 0.15) is 5.75 Å². The fourth-order valence-electron chi connectivity index (χ4n) is 2.15. The zero-order valence-corrected chi connectivity index (χ0v) is 11.7. The van der Waals surface area contributed by atoms with Crippen molar-refractivity contribution in [3.63, 3.8) is 0 Å². The maximum atomic E-state index is 6.07. The van der Waals surface area contributed by atoms with Crippen LogP contribution in [0, 0.1) is 6.92 Å². The van der Waals surface area contributed by atoms with Crippen LogP contribution < -0.4 is 16.0 Å². The van der Waals surface area contributed by atoms with E-state index < -0.39 is 0 Å². The molecule has 1 atom stereocenters. The number of nitrogens with one attached hydrogen (secondary N) is 1. The monoisotopic (exact) mass is 276 g/mol. The van der Waals surface area contributed by atoms with Crippen molar-refractivity contribution in [2.24, 2.45) is 5.84 Å². The molecule has 0 spiro atoms. The second-order valence-electron chi connectivity index (χ2n) is 4.40. The predicted molar refractivity (Wildman–Crippen MR) is 78.3 cm³/mol. The lowest BCUT2D eigenvalue weighted by Gasteiger charge is -2.20. The van der Waals surface area contributed by atoms with Gasteiger partial charge in [0.25, 0.3) is 0 Å². The Labute approximate surface area is 118 Å². The van der Waals surface area contributed by atoms with E-state index >= 15 is 0 Å². The second kappa shape index (κ2) is 6.06. The number of hydrogen-bond donors (Lipinski definition) is 2. The van der Waals surface area contributed by atoms with E-state index in [1.54, 1.807) is 13.2 Å². The lowest BCUT2D eigenvalue weighted by atomic mass is 9.97. The molecular weight excluding hydrogens is 260 g/mol. The highest BCUT2D eigenvalue weighted by molar-refractivity contribution is 6.30. The van der Waals surface area contributed by atoms with Crippen molar-refractivity contribution >= 4 is 11.6 Å². The highest BCUT2D eigenvalue weighted by atomic mass is 35.5. The second-order valence-corrected chi connectivity index (χ2v) is 4.84. The number of benzene rings is 2. The van der Waals surface area contributed by atoms with Crippen LogP contribution in [0.4, 0.5) is 0 Å². The number of rotatable bonds is 4. The molecule has 0 aromatic heterocycles. The van der Waals surface area contributed by atoms with Crippen LogP contribution in [0.2, 0.25) is 5.02 Å². The Hall–Kier alpha value is -1.55. The molecule has 0 saturated carbocycles. The topological polar surface area (TPSA) is 47.3 Å². The normalized spacial score (nSPS) is 12.2. The smallest absolute Gasteiger partial charge is 0.124 e. The molecule has 0 aliphatic carbocycles. The minimum Gasteiger partial charge on any atom is -0.496 e. The third kappa shape index (κ3) is 3.07. The number of aryl methyl sites for hydroxylation is 1. The minimum atomic E-state index is -0.159. The Morgan fingerprint density at radius 1 is 1.21 bits per heavy atom. The molecule has 2 aromatic rings. The molecule has 0 radical (unpaired) electrons. The summed E-state index contributed by atoms with van der Waals surface area (Å²) in [6.45, 7) is 2.05. The molecule has 2 rings (SSSR count). The molecule has 19 heavy (non-hydrogen) atoms. The molecule has 0 heterocycles. The zero-order valence-electron chi connectivity index (χ0n) is 11.0. The quantitative estimate of drug-likeness (QED) is 0.666. The van der Waals surface area contributed by atoms with Crippen LogP contribution in [0.25, 0.3) is 0 Å². The zero-order chi connectivity index (χ0) is 13.8. The third-order valence-corrected chi connectivity index (χ3v) is 3.28. The lowest BCUT2D eigenvalue weighted by molar-refractivity contribution is 0.404. The first-order chi connectivity index (χ1) is 9.15. The molecule has 100 valence electrons. The van der Waals surface area contributed by atoms with Gasteiger partial charge in [-0.15, -0.1) is 0 Å². The largest absolute Gasteiger partial charge is 0.496 e. The van der Waals surface area contributed by atoms with Crippen LogP contribution in [0.5, 0.6) is 5.75 Å². The van der Waals surface area contributed by atoms with Gasteiger partial charge in [-0.05, 0) is 30.7 Å². The van der Waals surface area contributed by atoms with Gasteiger partial charge in [-0.2, -0.15) is 0 Å². The molecule has 0 amide bonds. The fraction of sp³-hybridized carbons (Fsp3) is 0.200. The summed E-state index contributed by atoms with van der Waals surface area (Å²) in [6, 6.07) is 13.5. The Kier molecular flexibility index (Phi) is 4.43. The number of nitrogens with two attached hydrogens (primary N) is 1. The van der Waals surface area contributed by atoms with Crippen molar-refractivity contribution in [2.45, 2.75) is 13.0 Å². The molecule has 1 unspecified atom stereocenters. The van der Waals surface area contributed by atoms with Gasteiger partial charge in [-0.25, -0.2) is 5.43 Å². The van der Waals surface area contributed by atoms with Crippen molar-refractivity contribution in [1.82, 2.24) is 5.43 Å². The molecule has 2 aromatic carbocycles. The van der Waals surface area contributed by atoms with Crippen LogP contribution >= 0.6 is 11.6 Å². The van der Waals surface area contributed by atoms with Crippen molar-refractivity contribution in [1.29, 1.82) is 0 Å². The number of ether oxygens (including phenoxy) is 1. The molecule has 0 aliphatic rings. The number of halogens is 1. The maximum Gasteiger partial charge on any atom is 0.124 e. The van der Waals surface area contributed by atoms with E-state index in [1.807, 2.05) is 37.3 Å². The fourth-order valence-corrected chi connectivity index (χ4v) is 2.33. The first kappa shape index (κ1) is 13.9. The van der Waals surface area contributed by atoms with Crippen LogP contribution in [0.3, 0.4) is 0 Å². The van der Waals surface area contributed by atoms with E-state index in [4.69, 9.17) is 22.2 Å². The molecule has 0 saturated heterocycles. The summed E-state index contributed by atoms with van der Waals surface area (Å²) >= 11 is 6.07. The summed E-state index contributed by atoms with van der Waals surface area (Å²) in [5.41, 5.74) is 6.00. The van der Waals surface area contributed by atoms with Crippen LogP contribution in [0.1, 0.15) is 22.7 Å². The summed E-state index contributed by atoms with van der Waals surface area (Å²) in [7, 11) is 1.64. The van der Waals surface area contributed by atoms with E-state index in [2.05, 4.69) is 11.5 Å². The Bertz CT molecular complexity index is 572. The van der Waals surface area contributed by atoms with Crippen LogP contribution in [-0.2, 0) is 0 Å². The standard InChI is InChI=1S/C15H17ClN2O/c1-10-4-3-5-11(8-10)15(18-17)13-9-12(16)6-7-14(13)19-2/h3-9,15,18H,17H2,1-2H3. The number of hydrogen-bond acceptors (Lipinski definition) is 3. The summed E-state index contributed by atoms with van der Waals surface area (Å²) in [5.74, 6) is 6.47. The van der Waals surface area contributed by atoms with Gasteiger partial charge in [0.2, 0.25) is 0 Å². The minimum absolute atomic E-state index is 0.159. The first-order valence-electron chi connectivity index (χ1n) is 6.02. The van der Waals surface area contributed by atoms with Crippen molar-refractivity contribution in [3.8, 4) is 5.75 Å². The van der Waals surface area contributed by atoms with Gasteiger partial charge in [0, 0.05) is 10.6 Å². The average molecular weight is 277 g/mol. The molecular formula is C15H17ClN2O. The summed E-state index contributed by atoms with van der Waals surface area (Å²) in [5, 5.41) is 0.656. The maximum absolute atomic E-state index is 6.07. The number of hydrazine groups is 1. The summed E-state index contributed by atoms with van der Waals surface area (Å²) < 4.78 is 5.38. The number of methoxy groups -OCH3 is 1. The van der Waals surface area contributed by atoms with Gasteiger partial charge >= 0.3 is 0 Å². The van der Waals surface area contributed by atoms with Gasteiger partial charge in [-0.1, -0.05) is 41.4 Å². The molecule has 3 N–H and O–H groups in total. The Morgan fingerprint density at radius 2 is 2.00 bits per heavy atom. The van der Waals surface area contributed by atoms with E-state index in [1.165, 1.54) is 5.56 Å². The van der Waals surface area contributed by atoms with E-state index in [9.17, 15) is 0 Å². The summed E-state index contributed by atoms with van der Waals surface area (Å²) in [4.78, 5) is 0. The van der Waals surface area contributed by atoms with Crippen molar-refractivity contribution in [3.05, 3.63) is 64.2 Å². The van der Waals surface area contributed by atoms with E-state index in [0.717, 1.165) is 16.9 Å². The average Bonchev–Trinajstić information content (AvgIpc) is 2.40. The highest BCUT2D eigenvalue weighted by Crippen LogP contribution is 2.32. The van der Waals surface area contributed by atoms with Gasteiger partial charge in [0.15, 0.2) is 0 Å². The molecule has 0 bridgehead atoms. The summed E-state index contributed by atoms with van der Waals surface area (Å²) in [6.07, 6.45) is 0. The van der Waals surface area contributed by atoms with Crippen LogP contribution in [0.15, 0.2) is 42.5 Å². The van der Waals surface area contributed by atoms with Gasteiger partial charge < -0.3 is 4.74 Å². The van der Waals surface area contributed by atoms with Gasteiger partial charge in [-0.3, -0.25) is 5.84 Å². The molecule has 0 aliphatic heterocycles.